The Morgan fingerprint density at radius 1 is 1.25 bits per heavy atom. The van der Waals surface area contributed by atoms with E-state index in [0.717, 1.165) is 20.4 Å². The van der Waals surface area contributed by atoms with E-state index in [1.807, 2.05) is 0 Å². The Balaban J connectivity index is -0.00000000500. The van der Waals surface area contributed by atoms with Gasteiger partial charge in [0.25, 0.3) is 0 Å². The number of rotatable bonds is 0. The van der Waals surface area contributed by atoms with Crippen LogP contribution in [0.15, 0.2) is 0 Å². The summed E-state index contributed by atoms with van der Waals surface area (Å²) in [6.07, 6.45) is 0. The van der Waals surface area contributed by atoms with Crippen molar-refractivity contribution >= 4 is 0 Å². The molecule has 0 spiro atoms. The van der Waals surface area contributed by atoms with Crippen LogP contribution in [0.25, 0.3) is 0 Å². The van der Waals surface area contributed by atoms with E-state index < -0.39 is 0 Å². The number of hydrogen-bond acceptors (Lipinski definition) is 1. The van der Waals surface area contributed by atoms with Crippen LogP contribution in [0.2, 0.25) is 0 Å². The summed E-state index contributed by atoms with van der Waals surface area (Å²) in [5.41, 5.74) is 0. The summed E-state index contributed by atoms with van der Waals surface area (Å²) in [6.45, 7) is 0. The Bertz CT molecular complexity index is 8.00. The van der Waals surface area contributed by atoms with Crippen molar-refractivity contribution < 1.29 is 76.4 Å². The molecule has 4 heavy (non-hydrogen) atoms. The van der Waals surface area contributed by atoms with E-state index in [1.54, 1.807) is 0 Å². The predicted molar refractivity (Wildman–Crippen MR) is 0.686 cm³/mol. The second kappa shape index (κ2) is 18.8. The van der Waals surface area contributed by atoms with Gasteiger partial charge in [0.05, 0.1) is 0 Å². The Hall–Kier alpha value is 2.23. The minimum atomic E-state index is 0. The monoisotopic (exact) mass is 259 g/mol. The first-order chi connectivity index (χ1) is 1.00. The van der Waals surface area contributed by atoms with E-state index in [-0.39, 0.29) is 52.7 Å². The average molecular weight is 259 g/mol. The van der Waals surface area contributed by atoms with Gasteiger partial charge in [-0.1, -0.05) is 0 Å². The van der Waals surface area contributed by atoms with E-state index in [1.165, 1.54) is 0 Å². The first kappa shape index (κ1) is 16.3. The molecule has 0 aliphatic rings. The van der Waals surface area contributed by atoms with E-state index in [0.29, 0.717) is 0 Å². The molecule has 0 rings (SSSR count). The average Bonchev–Trinajstić information content (AvgIpc) is 1.00. The molecule has 0 atom stereocenters. The molecule has 0 aliphatic heterocycles. The van der Waals surface area contributed by atoms with Crippen LogP contribution in [-0.4, -0.2) is 0 Å². The Morgan fingerprint density at radius 3 is 1.25 bits per heavy atom. The molecule has 0 saturated heterocycles. The second-order valence-corrected chi connectivity index (χ2v) is 0. The molecule has 0 unspecified atom stereocenters. The van der Waals surface area contributed by atoms with Gasteiger partial charge in [0, 0.05) is 52.7 Å². The Kier molecular flexibility index (Phi) is 76.9. The zero-order chi connectivity index (χ0) is 2.00. The van der Waals surface area contributed by atoms with Crippen molar-refractivity contribution in [1.82, 2.24) is 0 Å². The van der Waals surface area contributed by atoms with Crippen molar-refractivity contribution in [1.29, 1.82) is 0 Å². The summed E-state index contributed by atoms with van der Waals surface area (Å²) in [7, 11) is 0. The molecule has 0 saturated carbocycles. The van der Waals surface area contributed by atoms with Crippen molar-refractivity contribution in [3.63, 3.8) is 0 Å². The molecule has 0 aliphatic carbocycles. The first-order valence-corrected chi connectivity index (χ1v) is 0.842. The van der Waals surface area contributed by atoms with Gasteiger partial charge in [0.1, 0.15) is 0 Å². The van der Waals surface area contributed by atoms with Gasteiger partial charge >= 0.3 is 23.7 Å². The zero-order valence-electron chi connectivity index (χ0n) is 1.84. The summed E-state index contributed by atoms with van der Waals surface area (Å²) in [4.78, 5) is 0. The number of hydrogen-bond donors (Lipinski definition) is 0. The third-order valence-electron chi connectivity index (χ3n) is 0. The fourth-order valence-corrected chi connectivity index (χ4v) is 0. The second-order valence-electron chi connectivity index (χ2n) is 0. The van der Waals surface area contributed by atoms with E-state index in [9.17, 15) is 0 Å². The molecule has 0 amide bonds. The normalized spacial score (nSPS) is 0.750. The van der Waals surface area contributed by atoms with Gasteiger partial charge in [-0.25, -0.2) is 0 Å². The first-order valence-electron chi connectivity index (χ1n) is 0.204. The van der Waals surface area contributed by atoms with Crippen molar-refractivity contribution in [2.24, 2.45) is 0 Å². The maximum absolute atomic E-state index is 8.25. The molecule has 1 nitrogen and oxygen atoms in total. The summed E-state index contributed by atoms with van der Waals surface area (Å²) < 4.78 is 8.25. The fraction of sp³-hybridized carbons (Fsp3) is 0. The van der Waals surface area contributed by atoms with E-state index in [4.69, 9.17) is 3.32 Å². The third kappa shape index (κ3) is 8.87. The van der Waals surface area contributed by atoms with E-state index >= 15 is 0 Å². The molecule has 0 aromatic rings. The van der Waals surface area contributed by atoms with Crippen LogP contribution in [0, 0.1) is 35.6 Å². The molecule has 0 aromatic carbocycles. The summed E-state index contributed by atoms with van der Waals surface area (Å²) in [5.74, 6) is 0. The quantitative estimate of drug-likeness (QED) is 0.554. The van der Waals surface area contributed by atoms with Crippen LogP contribution in [0.3, 0.4) is 0 Å². The van der Waals surface area contributed by atoms with Gasteiger partial charge < -0.3 is 0 Å². The third-order valence-corrected chi connectivity index (χ3v) is 0. The molecule has 0 fully saturated rings. The van der Waals surface area contributed by atoms with E-state index in [2.05, 4.69) is 0 Å². The fourth-order valence-electron chi connectivity index (χ4n) is 0. The summed E-state index contributed by atoms with van der Waals surface area (Å²) in [6, 6.07) is 0. The molecule has 0 bridgehead atoms. The standard InChI is InChI=1S/Fe.La.O.Ti. The molecule has 21 valence electrons. The van der Waals surface area contributed by atoms with Crippen molar-refractivity contribution in [2.45, 2.75) is 0 Å². The van der Waals surface area contributed by atoms with Gasteiger partial charge in [0.2, 0.25) is 0 Å². The SMILES string of the molecule is [Fe].[La].[O]=[Ti]. The molecule has 0 N–H and O–H groups in total. The molecule has 1 radical (unpaired) electrons. The van der Waals surface area contributed by atoms with Crippen LogP contribution in [0.5, 0.6) is 0 Å². The molecule has 0 heterocycles. The predicted octanol–water partition coefficient (Wildman–Crippen LogP) is -0.124. The minimum absolute atomic E-state index is 0. The van der Waals surface area contributed by atoms with Crippen molar-refractivity contribution in [2.75, 3.05) is 0 Å². The molecular weight excluding hydrogens is 259 g/mol. The maximum atomic E-state index is 8.25. The van der Waals surface area contributed by atoms with Crippen LogP contribution in [0.4, 0.5) is 0 Å². The Labute approximate surface area is 75.1 Å². The molecule has 4 heteroatoms. The van der Waals surface area contributed by atoms with Crippen LogP contribution in [-0.2, 0) is 40.8 Å². The topological polar surface area (TPSA) is 17.1 Å². The zero-order valence-corrected chi connectivity index (χ0v) is 8.13. The molecular formula is FeLaOTi. The van der Waals surface area contributed by atoms with Crippen LogP contribution >= 0.6 is 0 Å². The van der Waals surface area contributed by atoms with Crippen molar-refractivity contribution in [3.05, 3.63) is 0 Å². The van der Waals surface area contributed by atoms with Crippen LogP contribution in [0.1, 0.15) is 0 Å². The summed E-state index contributed by atoms with van der Waals surface area (Å²) >= 11 is 0.750. The van der Waals surface area contributed by atoms with Gasteiger partial charge in [0.15, 0.2) is 0 Å². The Morgan fingerprint density at radius 2 is 1.25 bits per heavy atom. The summed E-state index contributed by atoms with van der Waals surface area (Å²) in [5, 5.41) is 0. The van der Waals surface area contributed by atoms with Gasteiger partial charge in [-0.2, -0.15) is 0 Å². The van der Waals surface area contributed by atoms with Gasteiger partial charge in [-0.3, -0.25) is 0 Å². The molecule has 0 aromatic heterocycles. The van der Waals surface area contributed by atoms with Gasteiger partial charge in [-0.15, -0.1) is 0 Å². The van der Waals surface area contributed by atoms with Gasteiger partial charge in [-0.05, 0) is 0 Å². The van der Waals surface area contributed by atoms with Crippen molar-refractivity contribution in [3.8, 4) is 0 Å². The van der Waals surface area contributed by atoms with Crippen LogP contribution < -0.4 is 0 Å².